The molecule has 2 atom stereocenters. The van der Waals surface area contributed by atoms with Gasteiger partial charge in [-0.15, -0.1) is 0 Å². The summed E-state index contributed by atoms with van der Waals surface area (Å²) in [6, 6.07) is 3.70. The number of hydrogen-bond donors (Lipinski definition) is 2. The van der Waals surface area contributed by atoms with Crippen LogP contribution in [0.2, 0.25) is 0 Å². The lowest BCUT2D eigenvalue weighted by Gasteiger charge is -2.29. The van der Waals surface area contributed by atoms with Crippen molar-refractivity contribution >= 4 is 22.9 Å². The first kappa shape index (κ1) is 22.0. The highest BCUT2D eigenvalue weighted by atomic mass is 16.5. The third-order valence-corrected chi connectivity index (χ3v) is 5.99. The molecule has 3 heterocycles. The minimum atomic E-state index is -0.210. The largest absolute Gasteiger partial charge is 0.466 e. The van der Waals surface area contributed by atoms with Crippen LogP contribution in [0.5, 0.6) is 0 Å². The summed E-state index contributed by atoms with van der Waals surface area (Å²) in [5, 5.41) is 10.8. The highest BCUT2D eigenvalue weighted by Crippen LogP contribution is 2.31. The molecule has 2 unspecified atom stereocenters. The smallest absolute Gasteiger partial charge is 0.259 e. The molecule has 4 rings (SSSR count). The highest BCUT2D eigenvalue weighted by molar-refractivity contribution is 6.07. The summed E-state index contributed by atoms with van der Waals surface area (Å²) in [5.41, 5.74) is 2.82. The Bertz CT molecular complexity index is 1160. The maximum atomic E-state index is 13.4. The van der Waals surface area contributed by atoms with Crippen LogP contribution in [-0.4, -0.2) is 34.0 Å². The SMILES string of the molecule is Cc1cc(-c2cc(C(=O)NC3CCCC(C(=O)NC(C)C)C3)c3c(C)noc3n2)c(C)o1. The van der Waals surface area contributed by atoms with E-state index in [4.69, 9.17) is 8.94 Å². The van der Waals surface area contributed by atoms with Crippen molar-refractivity contribution in [1.29, 1.82) is 0 Å². The Morgan fingerprint density at radius 3 is 2.62 bits per heavy atom. The number of nitrogens with zero attached hydrogens (tertiary/aromatic N) is 2. The molecule has 170 valence electrons. The maximum Gasteiger partial charge on any atom is 0.259 e. The van der Waals surface area contributed by atoms with Crippen molar-refractivity contribution in [2.75, 3.05) is 0 Å². The molecule has 1 aliphatic rings. The van der Waals surface area contributed by atoms with Gasteiger partial charge in [0.15, 0.2) is 0 Å². The van der Waals surface area contributed by atoms with E-state index in [1.807, 2.05) is 33.8 Å². The number of nitrogens with one attached hydrogen (secondary N) is 2. The van der Waals surface area contributed by atoms with Gasteiger partial charge >= 0.3 is 0 Å². The van der Waals surface area contributed by atoms with Crippen LogP contribution in [0.15, 0.2) is 21.1 Å². The van der Waals surface area contributed by atoms with Crippen molar-refractivity contribution in [3.8, 4) is 11.3 Å². The Hall–Kier alpha value is -3.16. The molecular formula is C24H30N4O4. The quantitative estimate of drug-likeness (QED) is 0.617. The standard InChI is InChI=1S/C24H30N4O4/c1-12(2)25-22(29)16-7-6-8-17(10-16)26-23(30)19-11-20(18-9-13(3)31-15(18)5)27-24-21(19)14(4)28-32-24/h9,11-12,16-17H,6-8,10H2,1-5H3,(H,25,29)(H,26,30). The number of hydrogen-bond acceptors (Lipinski definition) is 6. The summed E-state index contributed by atoms with van der Waals surface area (Å²) in [5.74, 6) is 1.26. The van der Waals surface area contributed by atoms with E-state index < -0.39 is 0 Å². The fourth-order valence-electron chi connectivity index (χ4n) is 4.52. The second kappa shape index (κ2) is 8.76. The number of pyridine rings is 1. The predicted octanol–water partition coefficient (Wildman–Crippen LogP) is 4.22. The van der Waals surface area contributed by atoms with Crippen LogP contribution in [0, 0.1) is 26.7 Å². The van der Waals surface area contributed by atoms with E-state index in [1.54, 1.807) is 13.0 Å². The molecular weight excluding hydrogens is 408 g/mol. The van der Waals surface area contributed by atoms with Crippen molar-refractivity contribution in [3.05, 3.63) is 34.9 Å². The van der Waals surface area contributed by atoms with Gasteiger partial charge in [0.05, 0.1) is 22.3 Å². The van der Waals surface area contributed by atoms with Gasteiger partial charge < -0.3 is 19.6 Å². The van der Waals surface area contributed by atoms with Crippen LogP contribution in [0.4, 0.5) is 0 Å². The van der Waals surface area contributed by atoms with Gasteiger partial charge in [-0.2, -0.15) is 0 Å². The van der Waals surface area contributed by atoms with E-state index in [1.165, 1.54) is 0 Å². The van der Waals surface area contributed by atoms with E-state index in [-0.39, 0.29) is 29.8 Å². The van der Waals surface area contributed by atoms with Crippen LogP contribution >= 0.6 is 0 Å². The third kappa shape index (κ3) is 4.40. The van der Waals surface area contributed by atoms with Crippen molar-refractivity contribution in [1.82, 2.24) is 20.8 Å². The molecule has 1 saturated carbocycles. The highest BCUT2D eigenvalue weighted by Gasteiger charge is 2.29. The zero-order valence-electron chi connectivity index (χ0n) is 19.2. The molecule has 2 N–H and O–H groups in total. The number of amides is 2. The second-order valence-corrected chi connectivity index (χ2v) is 9.03. The van der Waals surface area contributed by atoms with Crippen LogP contribution < -0.4 is 10.6 Å². The normalized spacial score (nSPS) is 18.8. The van der Waals surface area contributed by atoms with E-state index in [0.29, 0.717) is 34.5 Å². The number of furan rings is 1. The van der Waals surface area contributed by atoms with Crippen molar-refractivity contribution in [2.24, 2.45) is 5.92 Å². The molecule has 0 aromatic carbocycles. The Morgan fingerprint density at radius 2 is 1.94 bits per heavy atom. The number of fused-ring (bicyclic) bond motifs is 1. The average molecular weight is 439 g/mol. The monoisotopic (exact) mass is 438 g/mol. The number of rotatable bonds is 5. The Kier molecular flexibility index (Phi) is 6.04. The molecule has 0 saturated heterocycles. The predicted molar refractivity (Wildman–Crippen MR) is 120 cm³/mol. The van der Waals surface area contributed by atoms with Gasteiger partial charge in [-0.25, -0.2) is 4.98 Å². The summed E-state index contributed by atoms with van der Waals surface area (Å²) in [7, 11) is 0. The molecule has 2 amide bonds. The number of carbonyl (C=O) groups is 2. The summed E-state index contributed by atoms with van der Waals surface area (Å²) in [4.78, 5) is 30.4. The first-order chi connectivity index (χ1) is 15.2. The molecule has 8 heteroatoms. The van der Waals surface area contributed by atoms with Crippen LogP contribution in [0.3, 0.4) is 0 Å². The lowest BCUT2D eigenvalue weighted by Crippen LogP contribution is -2.43. The van der Waals surface area contributed by atoms with Gasteiger partial charge in [-0.1, -0.05) is 11.6 Å². The molecule has 0 radical (unpaired) electrons. The van der Waals surface area contributed by atoms with Gasteiger partial charge in [0.2, 0.25) is 5.91 Å². The molecule has 1 aliphatic carbocycles. The molecule has 1 fully saturated rings. The lowest BCUT2D eigenvalue weighted by atomic mass is 9.85. The minimum Gasteiger partial charge on any atom is -0.466 e. The van der Waals surface area contributed by atoms with Crippen molar-refractivity contribution in [2.45, 2.75) is 72.4 Å². The van der Waals surface area contributed by atoms with E-state index in [0.717, 1.165) is 36.3 Å². The minimum absolute atomic E-state index is 0.0632. The van der Waals surface area contributed by atoms with E-state index in [9.17, 15) is 9.59 Å². The average Bonchev–Trinajstić information content (AvgIpc) is 3.28. The van der Waals surface area contributed by atoms with Gasteiger partial charge in [0.1, 0.15) is 11.5 Å². The Balaban J connectivity index is 1.61. The molecule has 3 aromatic heterocycles. The van der Waals surface area contributed by atoms with E-state index >= 15 is 0 Å². The van der Waals surface area contributed by atoms with Gasteiger partial charge in [0.25, 0.3) is 11.6 Å². The van der Waals surface area contributed by atoms with Crippen molar-refractivity contribution < 1.29 is 18.5 Å². The Morgan fingerprint density at radius 1 is 1.16 bits per heavy atom. The topological polar surface area (TPSA) is 110 Å². The molecule has 0 aliphatic heterocycles. The first-order valence-corrected chi connectivity index (χ1v) is 11.2. The van der Waals surface area contributed by atoms with Gasteiger partial charge in [-0.3, -0.25) is 9.59 Å². The first-order valence-electron chi connectivity index (χ1n) is 11.2. The molecule has 8 nitrogen and oxygen atoms in total. The summed E-state index contributed by atoms with van der Waals surface area (Å²) in [6.45, 7) is 9.44. The molecule has 0 bridgehead atoms. The number of carbonyl (C=O) groups excluding carboxylic acids is 2. The van der Waals surface area contributed by atoms with Crippen LogP contribution in [0.25, 0.3) is 22.4 Å². The van der Waals surface area contributed by atoms with Crippen LogP contribution in [0.1, 0.15) is 67.1 Å². The fourth-order valence-corrected chi connectivity index (χ4v) is 4.52. The summed E-state index contributed by atoms with van der Waals surface area (Å²) in [6.07, 6.45) is 3.23. The lowest BCUT2D eigenvalue weighted by molar-refractivity contribution is -0.126. The Labute approximate surface area is 187 Å². The second-order valence-electron chi connectivity index (χ2n) is 9.03. The molecule has 32 heavy (non-hydrogen) atoms. The van der Waals surface area contributed by atoms with Crippen LogP contribution in [-0.2, 0) is 4.79 Å². The number of aryl methyl sites for hydroxylation is 3. The fraction of sp³-hybridized carbons (Fsp3) is 0.500. The van der Waals surface area contributed by atoms with E-state index in [2.05, 4.69) is 20.8 Å². The van der Waals surface area contributed by atoms with Gasteiger partial charge in [0, 0.05) is 23.6 Å². The van der Waals surface area contributed by atoms with Gasteiger partial charge in [-0.05, 0) is 66.0 Å². The maximum absolute atomic E-state index is 13.4. The van der Waals surface area contributed by atoms with Crippen molar-refractivity contribution in [3.63, 3.8) is 0 Å². The zero-order chi connectivity index (χ0) is 23.0. The zero-order valence-corrected chi connectivity index (χ0v) is 19.2. The molecule has 3 aromatic rings. The molecule has 0 spiro atoms. The third-order valence-electron chi connectivity index (χ3n) is 5.99. The summed E-state index contributed by atoms with van der Waals surface area (Å²) < 4.78 is 11.0. The number of aromatic nitrogens is 2. The summed E-state index contributed by atoms with van der Waals surface area (Å²) >= 11 is 0.